The highest BCUT2D eigenvalue weighted by Gasteiger charge is 2.36. The number of piperidine rings is 2. The molecule has 0 amide bonds. The molecule has 3 rings (SSSR count). The van der Waals surface area contributed by atoms with Gasteiger partial charge >= 0.3 is 0 Å². The molecular formula is C16H22BrFN2. The summed E-state index contributed by atoms with van der Waals surface area (Å²) in [4.78, 5) is 2.43. The van der Waals surface area contributed by atoms with Crippen LogP contribution < -0.4 is 5.32 Å². The van der Waals surface area contributed by atoms with Crippen LogP contribution in [0.4, 0.5) is 4.39 Å². The fraction of sp³-hybridized carbons (Fsp3) is 0.625. The van der Waals surface area contributed by atoms with Crippen LogP contribution in [0.25, 0.3) is 0 Å². The van der Waals surface area contributed by atoms with Crippen molar-refractivity contribution in [3.05, 3.63) is 34.1 Å². The first-order valence-corrected chi connectivity index (χ1v) is 8.33. The van der Waals surface area contributed by atoms with Gasteiger partial charge in [-0.2, -0.15) is 0 Å². The van der Waals surface area contributed by atoms with Gasteiger partial charge in [-0.15, -0.1) is 0 Å². The predicted octanol–water partition coefficient (Wildman–Crippen LogP) is 3.55. The van der Waals surface area contributed by atoms with Gasteiger partial charge in [0, 0.05) is 29.7 Å². The van der Waals surface area contributed by atoms with Crippen molar-refractivity contribution in [1.29, 1.82) is 0 Å². The number of hydrogen-bond acceptors (Lipinski definition) is 2. The Hall–Kier alpha value is -0.450. The van der Waals surface area contributed by atoms with Crippen molar-refractivity contribution < 1.29 is 4.39 Å². The first kappa shape index (κ1) is 14.5. The van der Waals surface area contributed by atoms with Gasteiger partial charge in [0.1, 0.15) is 5.82 Å². The van der Waals surface area contributed by atoms with E-state index in [0.717, 1.165) is 42.8 Å². The molecule has 0 aromatic heterocycles. The summed E-state index contributed by atoms with van der Waals surface area (Å²) in [5, 5.41) is 3.54. The van der Waals surface area contributed by atoms with E-state index in [4.69, 9.17) is 0 Å². The third-order valence-corrected chi connectivity index (χ3v) is 5.20. The van der Waals surface area contributed by atoms with Crippen LogP contribution in [-0.4, -0.2) is 31.1 Å². The van der Waals surface area contributed by atoms with Crippen LogP contribution in [-0.2, 0) is 6.54 Å². The molecule has 0 saturated carbocycles. The lowest BCUT2D eigenvalue weighted by atomic mass is 9.74. The average molecular weight is 341 g/mol. The average Bonchev–Trinajstić information content (AvgIpc) is 2.43. The summed E-state index contributed by atoms with van der Waals surface area (Å²) in [6.45, 7) is 5.23. The van der Waals surface area contributed by atoms with Crippen LogP contribution in [0.5, 0.6) is 0 Å². The van der Waals surface area contributed by atoms with E-state index >= 15 is 0 Å². The number of nitrogens with one attached hydrogen (secondary N) is 1. The minimum Gasteiger partial charge on any atom is -0.316 e. The molecule has 1 spiro atoms. The zero-order chi connectivity index (χ0) is 14.0. The van der Waals surface area contributed by atoms with Gasteiger partial charge in [0.05, 0.1) is 0 Å². The number of likely N-dealkylation sites (tertiary alicyclic amines) is 1. The lowest BCUT2D eigenvalue weighted by Crippen LogP contribution is -2.50. The van der Waals surface area contributed by atoms with Gasteiger partial charge in [0.25, 0.3) is 0 Å². The Kier molecular flexibility index (Phi) is 4.43. The minimum atomic E-state index is -0.0965. The Morgan fingerprint density at radius 1 is 1.30 bits per heavy atom. The highest BCUT2D eigenvalue weighted by Crippen LogP contribution is 2.36. The fourth-order valence-electron chi connectivity index (χ4n) is 3.71. The minimum absolute atomic E-state index is 0.0965. The number of rotatable bonds is 2. The second-order valence-electron chi connectivity index (χ2n) is 6.33. The topological polar surface area (TPSA) is 15.3 Å². The number of hydrogen-bond donors (Lipinski definition) is 1. The van der Waals surface area contributed by atoms with Crippen molar-refractivity contribution in [1.82, 2.24) is 10.2 Å². The molecule has 110 valence electrons. The Morgan fingerprint density at radius 3 is 2.90 bits per heavy atom. The molecule has 1 unspecified atom stereocenters. The zero-order valence-corrected chi connectivity index (χ0v) is 13.4. The standard InChI is InChI=1S/C16H22BrFN2/c17-14-4-3-13(15(18)9-14)10-20-8-2-6-16(12-20)5-1-7-19-11-16/h3-4,9,19H,1-2,5-8,10-12H2. The first-order valence-electron chi connectivity index (χ1n) is 7.54. The molecule has 20 heavy (non-hydrogen) atoms. The number of nitrogens with zero attached hydrogens (tertiary/aromatic N) is 1. The summed E-state index contributed by atoms with van der Waals surface area (Å²) in [7, 11) is 0. The first-order chi connectivity index (χ1) is 9.67. The largest absolute Gasteiger partial charge is 0.316 e. The molecule has 2 aliphatic heterocycles. The lowest BCUT2D eigenvalue weighted by molar-refractivity contribution is 0.0594. The highest BCUT2D eigenvalue weighted by molar-refractivity contribution is 9.10. The van der Waals surface area contributed by atoms with E-state index in [2.05, 4.69) is 26.1 Å². The van der Waals surface area contributed by atoms with Crippen LogP contribution in [0.2, 0.25) is 0 Å². The van der Waals surface area contributed by atoms with Gasteiger partial charge in [-0.25, -0.2) is 4.39 Å². The second-order valence-corrected chi connectivity index (χ2v) is 7.25. The van der Waals surface area contributed by atoms with Crippen molar-refractivity contribution in [2.45, 2.75) is 32.2 Å². The lowest BCUT2D eigenvalue weighted by Gasteiger charge is -2.45. The molecule has 0 radical (unpaired) electrons. The molecule has 1 aromatic rings. The molecular weight excluding hydrogens is 319 g/mol. The van der Waals surface area contributed by atoms with E-state index < -0.39 is 0 Å². The van der Waals surface area contributed by atoms with E-state index in [1.165, 1.54) is 25.7 Å². The molecule has 2 aliphatic rings. The second kappa shape index (κ2) is 6.12. The van der Waals surface area contributed by atoms with Gasteiger partial charge in [0.2, 0.25) is 0 Å². The SMILES string of the molecule is Fc1cc(Br)ccc1CN1CCCC2(CCCNC2)C1. The normalized spacial score (nSPS) is 27.9. The van der Waals surface area contributed by atoms with Gasteiger partial charge in [0.15, 0.2) is 0 Å². The van der Waals surface area contributed by atoms with E-state index in [1.807, 2.05) is 12.1 Å². The fourth-order valence-corrected chi connectivity index (χ4v) is 4.05. The Bertz CT molecular complexity index is 466. The Balaban J connectivity index is 1.68. The third-order valence-electron chi connectivity index (χ3n) is 4.71. The Labute approximate surface area is 128 Å². The van der Waals surface area contributed by atoms with Crippen LogP contribution in [0.3, 0.4) is 0 Å². The maximum absolute atomic E-state index is 14.0. The molecule has 4 heteroatoms. The van der Waals surface area contributed by atoms with Crippen LogP contribution in [0, 0.1) is 11.2 Å². The van der Waals surface area contributed by atoms with E-state index in [0.29, 0.717) is 5.41 Å². The zero-order valence-electron chi connectivity index (χ0n) is 11.8. The van der Waals surface area contributed by atoms with Crippen molar-refractivity contribution >= 4 is 15.9 Å². The third kappa shape index (κ3) is 3.23. The maximum atomic E-state index is 14.0. The monoisotopic (exact) mass is 340 g/mol. The summed E-state index contributed by atoms with van der Waals surface area (Å²) >= 11 is 3.32. The maximum Gasteiger partial charge on any atom is 0.128 e. The summed E-state index contributed by atoms with van der Waals surface area (Å²) < 4.78 is 14.8. The molecule has 0 bridgehead atoms. The summed E-state index contributed by atoms with van der Waals surface area (Å²) in [6, 6.07) is 5.40. The van der Waals surface area contributed by atoms with E-state index in [9.17, 15) is 4.39 Å². The molecule has 1 aromatic carbocycles. The van der Waals surface area contributed by atoms with Gasteiger partial charge < -0.3 is 5.32 Å². The molecule has 1 atom stereocenters. The smallest absolute Gasteiger partial charge is 0.128 e. The molecule has 1 N–H and O–H groups in total. The number of benzene rings is 1. The predicted molar refractivity (Wildman–Crippen MR) is 83.1 cm³/mol. The van der Waals surface area contributed by atoms with Gasteiger partial charge in [-0.1, -0.05) is 22.0 Å². The quantitative estimate of drug-likeness (QED) is 0.885. The van der Waals surface area contributed by atoms with Crippen molar-refractivity contribution in [3.63, 3.8) is 0 Å². The Morgan fingerprint density at radius 2 is 2.15 bits per heavy atom. The van der Waals surface area contributed by atoms with Crippen molar-refractivity contribution in [2.24, 2.45) is 5.41 Å². The summed E-state index contributed by atoms with van der Waals surface area (Å²) in [6.07, 6.45) is 5.15. The molecule has 2 saturated heterocycles. The number of halogens is 2. The molecule has 2 fully saturated rings. The van der Waals surface area contributed by atoms with E-state index in [1.54, 1.807) is 6.07 Å². The summed E-state index contributed by atoms with van der Waals surface area (Å²) in [5.74, 6) is -0.0965. The van der Waals surface area contributed by atoms with Crippen molar-refractivity contribution in [2.75, 3.05) is 26.2 Å². The van der Waals surface area contributed by atoms with Gasteiger partial charge in [-0.05, 0) is 56.3 Å². The highest BCUT2D eigenvalue weighted by atomic mass is 79.9. The van der Waals surface area contributed by atoms with Gasteiger partial charge in [-0.3, -0.25) is 4.90 Å². The van der Waals surface area contributed by atoms with E-state index in [-0.39, 0.29) is 5.82 Å². The summed E-state index contributed by atoms with van der Waals surface area (Å²) in [5.41, 5.74) is 1.25. The van der Waals surface area contributed by atoms with Crippen LogP contribution in [0.1, 0.15) is 31.2 Å². The van der Waals surface area contributed by atoms with Crippen LogP contribution >= 0.6 is 15.9 Å². The van der Waals surface area contributed by atoms with Crippen LogP contribution in [0.15, 0.2) is 22.7 Å². The van der Waals surface area contributed by atoms with Crippen molar-refractivity contribution in [3.8, 4) is 0 Å². The molecule has 0 aliphatic carbocycles. The molecule has 2 heterocycles. The molecule has 2 nitrogen and oxygen atoms in total.